The summed E-state index contributed by atoms with van der Waals surface area (Å²) in [5.74, 6) is 0.967. The Kier molecular flexibility index (Phi) is 1.46. The summed E-state index contributed by atoms with van der Waals surface area (Å²) in [6.07, 6.45) is 3.97. The molecule has 0 radical (unpaired) electrons. The predicted octanol–water partition coefficient (Wildman–Crippen LogP) is 0.428. The minimum absolute atomic E-state index is 0.462. The fourth-order valence-electron chi connectivity index (χ4n) is 2.47. The van der Waals surface area contributed by atoms with Gasteiger partial charge in [-0.25, -0.2) is 0 Å². The molecule has 0 aromatic heterocycles. The van der Waals surface area contributed by atoms with Crippen molar-refractivity contribution in [2.45, 2.75) is 31.3 Å². The van der Waals surface area contributed by atoms with Crippen LogP contribution in [0.4, 0.5) is 0 Å². The minimum atomic E-state index is 0.462. The fourth-order valence-corrected chi connectivity index (χ4v) is 2.47. The van der Waals surface area contributed by atoms with Gasteiger partial charge >= 0.3 is 0 Å². The zero-order valence-electron chi connectivity index (χ0n) is 6.59. The molecule has 0 spiro atoms. The molecule has 2 rings (SSSR count). The summed E-state index contributed by atoms with van der Waals surface area (Å²) in [5, 5.41) is 0. The summed E-state index contributed by atoms with van der Waals surface area (Å²) in [4.78, 5) is 2.43. The van der Waals surface area contributed by atoms with Gasteiger partial charge in [0.25, 0.3) is 0 Å². The number of likely N-dealkylation sites (tertiary alicyclic amines) is 1. The maximum Gasteiger partial charge on any atom is 0.0247 e. The second kappa shape index (κ2) is 2.21. The SMILES string of the molecule is CN1CC2CCC(N)C1C2. The van der Waals surface area contributed by atoms with Crippen molar-refractivity contribution in [1.29, 1.82) is 0 Å². The predicted molar refractivity (Wildman–Crippen MR) is 41.7 cm³/mol. The van der Waals surface area contributed by atoms with Crippen LogP contribution in [-0.4, -0.2) is 30.6 Å². The van der Waals surface area contributed by atoms with Crippen molar-refractivity contribution in [2.24, 2.45) is 11.7 Å². The third kappa shape index (κ3) is 0.867. The second-order valence-corrected chi connectivity index (χ2v) is 3.85. The average Bonchev–Trinajstić information content (AvgIpc) is 2.21. The average molecular weight is 140 g/mol. The first kappa shape index (κ1) is 6.62. The van der Waals surface area contributed by atoms with Crippen LogP contribution in [0.15, 0.2) is 0 Å². The van der Waals surface area contributed by atoms with Gasteiger partial charge in [-0.1, -0.05) is 0 Å². The number of hydrogen-bond donors (Lipinski definition) is 1. The van der Waals surface area contributed by atoms with Gasteiger partial charge in [0.15, 0.2) is 0 Å². The third-order valence-electron chi connectivity index (χ3n) is 3.09. The van der Waals surface area contributed by atoms with E-state index in [9.17, 15) is 0 Å². The van der Waals surface area contributed by atoms with Crippen LogP contribution in [0.2, 0.25) is 0 Å². The normalized spacial score (nSPS) is 48.0. The zero-order valence-corrected chi connectivity index (χ0v) is 6.59. The first-order valence-corrected chi connectivity index (χ1v) is 4.23. The van der Waals surface area contributed by atoms with E-state index < -0.39 is 0 Å². The Bertz CT molecular complexity index is 131. The van der Waals surface area contributed by atoms with Crippen LogP contribution in [0, 0.1) is 5.92 Å². The van der Waals surface area contributed by atoms with Gasteiger partial charge in [-0.3, -0.25) is 0 Å². The Hall–Kier alpha value is -0.0800. The fraction of sp³-hybridized carbons (Fsp3) is 1.00. The molecule has 2 aliphatic rings. The first-order chi connectivity index (χ1) is 4.77. The van der Waals surface area contributed by atoms with Crippen molar-refractivity contribution in [2.75, 3.05) is 13.6 Å². The van der Waals surface area contributed by atoms with Gasteiger partial charge in [0, 0.05) is 18.6 Å². The molecule has 1 aliphatic carbocycles. The van der Waals surface area contributed by atoms with Gasteiger partial charge in [-0.15, -0.1) is 0 Å². The van der Waals surface area contributed by atoms with E-state index in [2.05, 4.69) is 11.9 Å². The largest absolute Gasteiger partial charge is 0.326 e. The lowest BCUT2D eigenvalue weighted by Gasteiger charge is -2.27. The molecule has 58 valence electrons. The summed E-state index contributed by atoms with van der Waals surface area (Å²) >= 11 is 0. The van der Waals surface area contributed by atoms with Gasteiger partial charge in [0.2, 0.25) is 0 Å². The van der Waals surface area contributed by atoms with Crippen LogP contribution in [0.5, 0.6) is 0 Å². The molecule has 1 aliphatic heterocycles. The highest BCUT2D eigenvalue weighted by atomic mass is 15.2. The Morgan fingerprint density at radius 2 is 2.20 bits per heavy atom. The molecule has 10 heavy (non-hydrogen) atoms. The van der Waals surface area contributed by atoms with Crippen molar-refractivity contribution < 1.29 is 0 Å². The standard InChI is InChI=1S/C8H16N2/c1-10-5-6-2-3-7(9)8(10)4-6/h6-8H,2-5,9H2,1H3. The van der Waals surface area contributed by atoms with E-state index in [1.165, 1.54) is 25.8 Å². The van der Waals surface area contributed by atoms with Crippen molar-refractivity contribution in [3.8, 4) is 0 Å². The number of nitrogens with zero attached hydrogens (tertiary/aromatic N) is 1. The van der Waals surface area contributed by atoms with E-state index in [0.717, 1.165) is 5.92 Å². The molecule has 1 saturated carbocycles. The molecule has 2 fully saturated rings. The molecule has 3 unspecified atom stereocenters. The van der Waals surface area contributed by atoms with Gasteiger partial charge in [-0.05, 0) is 32.2 Å². The lowest BCUT2D eigenvalue weighted by molar-refractivity contribution is 0.264. The van der Waals surface area contributed by atoms with E-state index in [1.807, 2.05) is 0 Å². The molecular formula is C8H16N2. The number of fused-ring (bicyclic) bond motifs is 2. The molecular weight excluding hydrogens is 124 g/mol. The molecule has 1 saturated heterocycles. The highest BCUT2D eigenvalue weighted by molar-refractivity contribution is 4.94. The molecule has 2 N–H and O–H groups in total. The van der Waals surface area contributed by atoms with E-state index >= 15 is 0 Å². The summed E-state index contributed by atoms with van der Waals surface area (Å²) in [7, 11) is 2.20. The van der Waals surface area contributed by atoms with Gasteiger partial charge in [0.05, 0.1) is 0 Å². The first-order valence-electron chi connectivity index (χ1n) is 4.23. The van der Waals surface area contributed by atoms with Crippen LogP contribution in [0.3, 0.4) is 0 Å². The maximum atomic E-state index is 5.96. The topological polar surface area (TPSA) is 29.3 Å². The lowest BCUT2D eigenvalue weighted by Crippen LogP contribution is -2.42. The van der Waals surface area contributed by atoms with Crippen LogP contribution in [0.1, 0.15) is 19.3 Å². The molecule has 1 heterocycles. The zero-order chi connectivity index (χ0) is 7.14. The summed E-state index contributed by atoms with van der Waals surface area (Å²) in [5.41, 5.74) is 5.96. The van der Waals surface area contributed by atoms with Crippen LogP contribution < -0.4 is 5.73 Å². The molecule has 0 aromatic rings. The van der Waals surface area contributed by atoms with Crippen molar-refractivity contribution >= 4 is 0 Å². The number of likely N-dealkylation sites (N-methyl/N-ethyl adjacent to an activating group) is 1. The van der Waals surface area contributed by atoms with E-state index in [-0.39, 0.29) is 0 Å². The van der Waals surface area contributed by atoms with Crippen molar-refractivity contribution in [3.63, 3.8) is 0 Å². The van der Waals surface area contributed by atoms with Gasteiger partial charge in [-0.2, -0.15) is 0 Å². The Morgan fingerprint density at radius 3 is 2.90 bits per heavy atom. The molecule has 0 aromatic carbocycles. The van der Waals surface area contributed by atoms with Crippen LogP contribution in [0.25, 0.3) is 0 Å². The Balaban J connectivity index is 2.10. The lowest BCUT2D eigenvalue weighted by atomic mass is 9.87. The summed E-state index contributed by atoms with van der Waals surface area (Å²) < 4.78 is 0. The van der Waals surface area contributed by atoms with Crippen molar-refractivity contribution in [1.82, 2.24) is 4.90 Å². The van der Waals surface area contributed by atoms with Crippen LogP contribution in [-0.2, 0) is 0 Å². The van der Waals surface area contributed by atoms with E-state index in [0.29, 0.717) is 12.1 Å². The molecule has 3 atom stereocenters. The summed E-state index contributed by atoms with van der Waals surface area (Å²) in [6, 6.07) is 1.17. The Labute approximate surface area is 62.4 Å². The molecule has 2 nitrogen and oxygen atoms in total. The monoisotopic (exact) mass is 140 g/mol. The molecule has 0 amide bonds. The summed E-state index contributed by atoms with van der Waals surface area (Å²) in [6.45, 7) is 1.29. The number of nitrogens with two attached hydrogens (primary N) is 1. The van der Waals surface area contributed by atoms with E-state index in [4.69, 9.17) is 5.73 Å². The van der Waals surface area contributed by atoms with Crippen molar-refractivity contribution in [3.05, 3.63) is 0 Å². The number of rotatable bonds is 0. The second-order valence-electron chi connectivity index (χ2n) is 3.85. The smallest absolute Gasteiger partial charge is 0.0247 e. The molecule has 2 heteroatoms. The third-order valence-corrected chi connectivity index (χ3v) is 3.09. The van der Waals surface area contributed by atoms with Gasteiger partial charge in [0.1, 0.15) is 0 Å². The molecule has 2 bridgehead atoms. The highest BCUT2D eigenvalue weighted by Crippen LogP contribution is 2.33. The highest BCUT2D eigenvalue weighted by Gasteiger charge is 2.37. The quantitative estimate of drug-likeness (QED) is 0.528. The Morgan fingerprint density at radius 1 is 1.40 bits per heavy atom. The van der Waals surface area contributed by atoms with E-state index in [1.54, 1.807) is 0 Å². The minimum Gasteiger partial charge on any atom is -0.326 e. The maximum absolute atomic E-state index is 5.96. The van der Waals surface area contributed by atoms with Gasteiger partial charge < -0.3 is 10.6 Å². The van der Waals surface area contributed by atoms with Crippen LogP contribution >= 0.6 is 0 Å². The number of hydrogen-bond acceptors (Lipinski definition) is 2.